The number of ether oxygens (including phenoxy) is 1. The first-order valence-electron chi connectivity index (χ1n) is 7.48. The minimum atomic E-state index is -0.455. The lowest BCUT2D eigenvalue weighted by Crippen LogP contribution is -2.48. The normalized spacial score (nSPS) is 30.3. The van der Waals surface area contributed by atoms with Gasteiger partial charge < -0.3 is 15.2 Å². The van der Waals surface area contributed by atoms with Crippen LogP contribution >= 0.6 is 0 Å². The smallest absolute Gasteiger partial charge is 0.407 e. The lowest BCUT2D eigenvalue weighted by atomic mass is 9.69. The third-order valence-corrected chi connectivity index (χ3v) is 4.47. The quantitative estimate of drug-likeness (QED) is 0.769. The van der Waals surface area contributed by atoms with Crippen molar-refractivity contribution < 1.29 is 14.6 Å². The van der Waals surface area contributed by atoms with Crippen molar-refractivity contribution in [1.29, 1.82) is 0 Å². The molecule has 2 saturated carbocycles. The third-order valence-electron chi connectivity index (χ3n) is 4.47. The molecule has 0 heterocycles. The van der Waals surface area contributed by atoms with Crippen molar-refractivity contribution in [3.05, 3.63) is 0 Å². The van der Waals surface area contributed by atoms with E-state index in [1.807, 2.05) is 20.8 Å². The van der Waals surface area contributed by atoms with Crippen molar-refractivity contribution in [2.24, 2.45) is 5.41 Å². The lowest BCUT2D eigenvalue weighted by molar-refractivity contribution is -0.0211. The molecule has 2 atom stereocenters. The van der Waals surface area contributed by atoms with Gasteiger partial charge in [-0.1, -0.05) is 12.8 Å². The van der Waals surface area contributed by atoms with E-state index >= 15 is 0 Å². The van der Waals surface area contributed by atoms with E-state index in [0.29, 0.717) is 0 Å². The van der Waals surface area contributed by atoms with Crippen molar-refractivity contribution >= 4 is 6.09 Å². The number of aliphatic hydroxyl groups excluding tert-OH is 1. The summed E-state index contributed by atoms with van der Waals surface area (Å²) in [4.78, 5) is 11.8. The molecule has 2 rings (SSSR count). The molecule has 0 aromatic carbocycles. The van der Waals surface area contributed by atoms with Crippen molar-refractivity contribution in [3.8, 4) is 0 Å². The van der Waals surface area contributed by atoms with E-state index in [4.69, 9.17) is 4.74 Å². The van der Waals surface area contributed by atoms with Crippen LogP contribution in [0.15, 0.2) is 0 Å². The van der Waals surface area contributed by atoms with Crippen molar-refractivity contribution in [3.63, 3.8) is 0 Å². The fourth-order valence-electron chi connectivity index (χ4n) is 3.61. The molecule has 2 N–H and O–H groups in total. The summed E-state index contributed by atoms with van der Waals surface area (Å²) in [6.07, 6.45) is 6.62. The summed E-state index contributed by atoms with van der Waals surface area (Å²) in [7, 11) is 0. The van der Waals surface area contributed by atoms with Crippen LogP contribution in [-0.2, 0) is 4.74 Å². The standard InChI is InChI=1S/C15H27NO3/c1-14(2,3)19-13(18)16-11-6-7-12(17)15(10-11)8-4-5-9-15/h11-12,17H,4-10H2,1-3H3,(H,16,18). The van der Waals surface area contributed by atoms with Crippen LogP contribution in [0, 0.1) is 5.41 Å². The Morgan fingerprint density at radius 3 is 2.47 bits per heavy atom. The second-order valence-electron chi connectivity index (χ2n) is 7.21. The Hall–Kier alpha value is -0.770. The highest BCUT2D eigenvalue weighted by Gasteiger charge is 2.45. The number of rotatable bonds is 1. The van der Waals surface area contributed by atoms with Crippen LogP contribution in [0.1, 0.15) is 65.7 Å². The van der Waals surface area contributed by atoms with Crippen LogP contribution in [0.25, 0.3) is 0 Å². The molecule has 0 saturated heterocycles. The van der Waals surface area contributed by atoms with Gasteiger partial charge >= 0.3 is 6.09 Å². The molecule has 2 aliphatic rings. The molecular formula is C15H27NO3. The monoisotopic (exact) mass is 269 g/mol. The van der Waals surface area contributed by atoms with Gasteiger partial charge in [0.05, 0.1) is 6.10 Å². The first kappa shape index (κ1) is 14.6. The molecule has 0 bridgehead atoms. The molecule has 2 fully saturated rings. The molecule has 4 heteroatoms. The third kappa shape index (κ3) is 3.62. The van der Waals surface area contributed by atoms with Gasteiger partial charge in [0.15, 0.2) is 0 Å². The molecule has 1 amide bonds. The van der Waals surface area contributed by atoms with Crippen LogP contribution in [0.5, 0.6) is 0 Å². The predicted octanol–water partition coefficient (Wildman–Crippen LogP) is 2.98. The number of carbonyl (C=O) groups excluding carboxylic acids is 1. The minimum Gasteiger partial charge on any atom is -0.444 e. The minimum absolute atomic E-state index is 0.0535. The van der Waals surface area contributed by atoms with Crippen molar-refractivity contribution in [2.45, 2.75) is 83.5 Å². The van der Waals surface area contributed by atoms with E-state index in [1.165, 1.54) is 12.8 Å². The first-order valence-corrected chi connectivity index (χ1v) is 7.48. The largest absolute Gasteiger partial charge is 0.444 e. The van der Waals surface area contributed by atoms with Gasteiger partial charge in [-0.2, -0.15) is 0 Å². The molecule has 0 radical (unpaired) electrons. The highest BCUT2D eigenvalue weighted by Crippen LogP contribution is 2.49. The average Bonchev–Trinajstić information content (AvgIpc) is 2.70. The van der Waals surface area contributed by atoms with Crippen LogP contribution < -0.4 is 5.32 Å². The van der Waals surface area contributed by atoms with Gasteiger partial charge in [-0.3, -0.25) is 0 Å². The van der Waals surface area contributed by atoms with Gasteiger partial charge in [0.25, 0.3) is 0 Å². The highest BCUT2D eigenvalue weighted by atomic mass is 16.6. The fourth-order valence-corrected chi connectivity index (χ4v) is 3.61. The molecule has 110 valence electrons. The molecular weight excluding hydrogens is 242 g/mol. The molecule has 0 aromatic heterocycles. The van der Waals surface area contributed by atoms with E-state index in [2.05, 4.69) is 5.32 Å². The summed E-state index contributed by atoms with van der Waals surface area (Å²) in [6.45, 7) is 5.61. The van der Waals surface area contributed by atoms with Gasteiger partial charge in [-0.25, -0.2) is 4.79 Å². The van der Waals surface area contributed by atoms with E-state index in [1.54, 1.807) is 0 Å². The van der Waals surface area contributed by atoms with Gasteiger partial charge in [0.1, 0.15) is 5.60 Å². The molecule has 2 unspecified atom stereocenters. The Morgan fingerprint density at radius 2 is 1.89 bits per heavy atom. The Bertz CT molecular complexity index is 329. The summed E-state index contributed by atoms with van der Waals surface area (Å²) in [5, 5.41) is 13.2. The van der Waals surface area contributed by atoms with Crippen molar-refractivity contribution in [1.82, 2.24) is 5.32 Å². The van der Waals surface area contributed by atoms with E-state index in [0.717, 1.165) is 32.1 Å². The zero-order valence-corrected chi connectivity index (χ0v) is 12.4. The maximum absolute atomic E-state index is 11.8. The van der Waals surface area contributed by atoms with Gasteiger partial charge in [0.2, 0.25) is 0 Å². The Morgan fingerprint density at radius 1 is 1.26 bits per heavy atom. The number of nitrogens with one attached hydrogen (secondary N) is 1. The van der Waals surface area contributed by atoms with Crippen LogP contribution in [0.3, 0.4) is 0 Å². The molecule has 1 spiro atoms. The van der Waals surface area contributed by atoms with E-state index in [9.17, 15) is 9.90 Å². The Balaban J connectivity index is 1.90. The summed E-state index contributed by atoms with van der Waals surface area (Å²) >= 11 is 0. The van der Waals surface area contributed by atoms with Crippen LogP contribution in [0.2, 0.25) is 0 Å². The lowest BCUT2D eigenvalue weighted by Gasteiger charge is -2.42. The SMILES string of the molecule is CC(C)(C)OC(=O)NC1CCC(O)C2(CCCC2)C1. The zero-order chi connectivity index (χ0) is 14.1. The molecule has 0 aromatic rings. The topological polar surface area (TPSA) is 58.6 Å². The average molecular weight is 269 g/mol. The Labute approximate surface area is 115 Å². The maximum atomic E-state index is 11.8. The predicted molar refractivity (Wildman–Crippen MR) is 73.9 cm³/mol. The van der Waals surface area contributed by atoms with Gasteiger partial charge in [0, 0.05) is 6.04 Å². The van der Waals surface area contributed by atoms with Crippen LogP contribution in [-0.4, -0.2) is 28.9 Å². The summed E-state index contributed by atoms with van der Waals surface area (Å²) < 4.78 is 5.31. The first-order chi connectivity index (χ1) is 8.81. The second-order valence-corrected chi connectivity index (χ2v) is 7.21. The number of hydrogen-bond acceptors (Lipinski definition) is 3. The van der Waals surface area contributed by atoms with Crippen LogP contribution in [0.4, 0.5) is 4.79 Å². The van der Waals surface area contributed by atoms with Gasteiger partial charge in [-0.05, 0) is 58.3 Å². The fraction of sp³-hybridized carbons (Fsp3) is 0.933. The molecule has 0 aliphatic heterocycles. The molecule has 19 heavy (non-hydrogen) atoms. The number of carbonyl (C=O) groups is 1. The number of alkyl carbamates (subject to hydrolysis) is 1. The molecule has 2 aliphatic carbocycles. The zero-order valence-electron chi connectivity index (χ0n) is 12.4. The summed E-state index contributed by atoms with van der Waals surface area (Å²) in [6, 6.07) is 0.149. The number of hydrogen-bond donors (Lipinski definition) is 2. The summed E-state index contributed by atoms with van der Waals surface area (Å²) in [5.74, 6) is 0. The second kappa shape index (κ2) is 5.31. The highest BCUT2D eigenvalue weighted by molar-refractivity contribution is 5.68. The van der Waals surface area contributed by atoms with E-state index in [-0.39, 0.29) is 23.7 Å². The Kier molecular flexibility index (Phi) is 4.09. The maximum Gasteiger partial charge on any atom is 0.407 e. The van der Waals surface area contributed by atoms with E-state index < -0.39 is 5.60 Å². The number of amides is 1. The van der Waals surface area contributed by atoms with Gasteiger partial charge in [-0.15, -0.1) is 0 Å². The van der Waals surface area contributed by atoms with Crippen molar-refractivity contribution in [2.75, 3.05) is 0 Å². The summed E-state index contributed by atoms with van der Waals surface area (Å²) in [5.41, 5.74) is -0.402. The number of aliphatic hydroxyl groups is 1. The molecule has 4 nitrogen and oxygen atoms in total.